The van der Waals surface area contributed by atoms with Gasteiger partial charge in [0, 0.05) is 45.1 Å². The Morgan fingerprint density at radius 2 is 2.29 bits per heavy atom. The van der Waals surface area contributed by atoms with Crippen LogP contribution >= 0.6 is 24.0 Å². The van der Waals surface area contributed by atoms with E-state index < -0.39 is 0 Å². The maximum Gasteiger partial charge on any atom is 0.191 e. The summed E-state index contributed by atoms with van der Waals surface area (Å²) in [5, 5.41) is 6.76. The minimum atomic E-state index is 0. The molecule has 1 aliphatic heterocycles. The molecule has 0 aromatic carbocycles. The van der Waals surface area contributed by atoms with Crippen LogP contribution in [0.3, 0.4) is 0 Å². The molecule has 2 heterocycles. The highest BCUT2D eigenvalue weighted by molar-refractivity contribution is 14.0. The van der Waals surface area contributed by atoms with Gasteiger partial charge in [0.2, 0.25) is 0 Å². The van der Waals surface area contributed by atoms with Crippen LogP contribution in [0.5, 0.6) is 0 Å². The van der Waals surface area contributed by atoms with Crippen LogP contribution in [0.4, 0.5) is 0 Å². The maximum absolute atomic E-state index is 4.27. The summed E-state index contributed by atoms with van der Waals surface area (Å²) >= 11 is 0. The topological polar surface area (TPSA) is 57.5 Å². The number of halogens is 1. The molecule has 0 saturated carbocycles. The fourth-order valence-corrected chi connectivity index (χ4v) is 2.70. The number of rotatable bonds is 6. The molecule has 21 heavy (non-hydrogen) atoms. The third kappa shape index (κ3) is 5.82. The number of aromatic nitrogens is 2. The monoisotopic (exact) mass is 406 g/mol. The van der Waals surface area contributed by atoms with E-state index in [0.717, 1.165) is 32.1 Å². The average Bonchev–Trinajstić information content (AvgIpc) is 3.13. The minimum absolute atomic E-state index is 0. The second-order valence-corrected chi connectivity index (χ2v) is 5.11. The zero-order chi connectivity index (χ0) is 14.2. The summed E-state index contributed by atoms with van der Waals surface area (Å²) < 4.78 is 2.05. The number of nitrogens with zero attached hydrogens (tertiary/aromatic N) is 4. The first kappa shape index (κ1) is 18.2. The smallest absolute Gasteiger partial charge is 0.191 e. The van der Waals surface area contributed by atoms with Gasteiger partial charge in [-0.1, -0.05) is 6.92 Å². The van der Waals surface area contributed by atoms with Gasteiger partial charge in [-0.15, -0.1) is 24.0 Å². The van der Waals surface area contributed by atoms with Crippen molar-refractivity contribution in [1.82, 2.24) is 25.1 Å². The molecular weight excluding hydrogens is 379 g/mol. The lowest BCUT2D eigenvalue weighted by atomic mass is 10.2. The van der Waals surface area contributed by atoms with E-state index in [1.54, 1.807) is 6.20 Å². The first-order chi connectivity index (χ1) is 9.83. The molecule has 1 aromatic rings. The lowest BCUT2D eigenvalue weighted by Crippen LogP contribution is -2.45. The maximum atomic E-state index is 4.27. The Morgan fingerprint density at radius 3 is 2.95 bits per heavy atom. The number of likely N-dealkylation sites (tertiary alicyclic amines) is 1. The lowest BCUT2D eigenvalue weighted by Gasteiger charge is -2.24. The molecule has 1 aliphatic rings. The van der Waals surface area contributed by atoms with Gasteiger partial charge in [-0.2, -0.15) is 0 Å². The zero-order valence-electron chi connectivity index (χ0n) is 13.0. The summed E-state index contributed by atoms with van der Waals surface area (Å²) in [5.74, 6) is 0.882. The molecule has 1 atom stereocenters. The van der Waals surface area contributed by atoms with Crippen LogP contribution in [0.2, 0.25) is 0 Å². The van der Waals surface area contributed by atoms with Crippen molar-refractivity contribution in [2.75, 3.05) is 33.2 Å². The fourth-order valence-electron chi connectivity index (χ4n) is 2.70. The second-order valence-electron chi connectivity index (χ2n) is 5.11. The molecule has 1 fully saturated rings. The summed E-state index contributed by atoms with van der Waals surface area (Å²) in [5.41, 5.74) is 0. The van der Waals surface area contributed by atoms with E-state index in [1.807, 2.05) is 19.6 Å². The Morgan fingerprint density at radius 1 is 1.43 bits per heavy atom. The molecule has 0 spiro atoms. The number of guanidine groups is 1. The summed E-state index contributed by atoms with van der Waals surface area (Å²) in [7, 11) is 1.82. The third-order valence-corrected chi connectivity index (χ3v) is 3.86. The second kappa shape index (κ2) is 9.99. The van der Waals surface area contributed by atoms with Crippen molar-refractivity contribution in [3.63, 3.8) is 0 Å². The van der Waals surface area contributed by atoms with Crippen molar-refractivity contribution >= 4 is 29.9 Å². The first-order valence-corrected chi connectivity index (χ1v) is 7.47. The Hall–Kier alpha value is -0.830. The predicted octanol–water partition coefficient (Wildman–Crippen LogP) is 1.15. The van der Waals surface area contributed by atoms with E-state index in [0.29, 0.717) is 6.04 Å². The number of nitrogens with one attached hydrogen (secondary N) is 2. The van der Waals surface area contributed by atoms with Crippen molar-refractivity contribution in [3.8, 4) is 0 Å². The number of hydrogen-bond donors (Lipinski definition) is 2. The van der Waals surface area contributed by atoms with E-state index in [1.165, 1.54) is 19.4 Å². The first-order valence-electron chi connectivity index (χ1n) is 7.47. The van der Waals surface area contributed by atoms with Crippen molar-refractivity contribution in [3.05, 3.63) is 18.7 Å². The van der Waals surface area contributed by atoms with E-state index in [-0.39, 0.29) is 24.0 Å². The molecule has 1 aromatic heterocycles. The quantitative estimate of drug-likeness (QED) is 0.423. The van der Waals surface area contributed by atoms with Gasteiger partial charge in [-0.05, 0) is 25.9 Å². The molecule has 2 rings (SSSR count). The van der Waals surface area contributed by atoms with E-state index in [4.69, 9.17) is 0 Å². The van der Waals surface area contributed by atoms with Gasteiger partial charge < -0.3 is 15.2 Å². The van der Waals surface area contributed by atoms with Crippen LogP contribution in [0.15, 0.2) is 23.7 Å². The summed E-state index contributed by atoms with van der Waals surface area (Å²) in [6.07, 6.45) is 8.19. The normalized spacial score (nSPS) is 19.3. The van der Waals surface area contributed by atoms with Gasteiger partial charge in [-0.3, -0.25) is 9.89 Å². The largest absolute Gasteiger partial charge is 0.355 e. The van der Waals surface area contributed by atoms with Gasteiger partial charge in [0.05, 0.1) is 6.33 Å². The number of hydrogen-bond acceptors (Lipinski definition) is 3. The molecule has 0 amide bonds. The highest BCUT2D eigenvalue weighted by Crippen LogP contribution is 2.15. The molecule has 0 radical (unpaired) electrons. The molecule has 1 unspecified atom stereocenters. The van der Waals surface area contributed by atoms with Crippen LogP contribution in [-0.4, -0.2) is 59.7 Å². The number of aliphatic imine (C=N–C) groups is 1. The minimum Gasteiger partial charge on any atom is -0.355 e. The summed E-state index contributed by atoms with van der Waals surface area (Å²) in [6.45, 7) is 7.31. The van der Waals surface area contributed by atoms with E-state index in [9.17, 15) is 0 Å². The molecule has 0 bridgehead atoms. The SMILES string of the molecule is CCN1CCCC1CNC(=NC)NCCn1ccnc1.I. The average molecular weight is 406 g/mol. The highest BCUT2D eigenvalue weighted by atomic mass is 127. The van der Waals surface area contributed by atoms with Gasteiger partial charge >= 0.3 is 0 Å². The van der Waals surface area contributed by atoms with Gasteiger partial charge in [0.25, 0.3) is 0 Å². The van der Waals surface area contributed by atoms with Crippen molar-refractivity contribution < 1.29 is 0 Å². The van der Waals surface area contributed by atoms with Gasteiger partial charge in [-0.25, -0.2) is 4.98 Å². The van der Waals surface area contributed by atoms with Crippen LogP contribution < -0.4 is 10.6 Å². The van der Waals surface area contributed by atoms with Crippen LogP contribution in [-0.2, 0) is 6.54 Å². The molecular formula is C14H27IN6. The molecule has 120 valence electrons. The number of imidazole rings is 1. The van der Waals surface area contributed by atoms with Crippen LogP contribution in [0.25, 0.3) is 0 Å². The molecule has 7 heteroatoms. The van der Waals surface area contributed by atoms with Crippen LogP contribution in [0, 0.1) is 0 Å². The van der Waals surface area contributed by atoms with Crippen LogP contribution in [0.1, 0.15) is 19.8 Å². The Labute approximate surface area is 144 Å². The number of likely N-dealkylation sites (N-methyl/N-ethyl adjacent to an activating group) is 1. The van der Waals surface area contributed by atoms with E-state index >= 15 is 0 Å². The lowest BCUT2D eigenvalue weighted by molar-refractivity contribution is 0.267. The zero-order valence-corrected chi connectivity index (χ0v) is 15.3. The Kier molecular flexibility index (Phi) is 8.67. The van der Waals surface area contributed by atoms with E-state index in [2.05, 4.69) is 37.0 Å². The molecule has 1 saturated heterocycles. The van der Waals surface area contributed by atoms with Gasteiger partial charge in [0.15, 0.2) is 5.96 Å². The molecule has 6 nitrogen and oxygen atoms in total. The fraction of sp³-hybridized carbons (Fsp3) is 0.714. The third-order valence-electron chi connectivity index (χ3n) is 3.86. The van der Waals surface area contributed by atoms with Crippen molar-refractivity contribution in [1.29, 1.82) is 0 Å². The summed E-state index contributed by atoms with van der Waals surface area (Å²) in [4.78, 5) is 10.8. The summed E-state index contributed by atoms with van der Waals surface area (Å²) in [6, 6.07) is 0.646. The van der Waals surface area contributed by atoms with Crippen molar-refractivity contribution in [2.24, 2.45) is 4.99 Å². The Bertz CT molecular complexity index is 406. The van der Waals surface area contributed by atoms with Gasteiger partial charge in [0.1, 0.15) is 0 Å². The Balaban J connectivity index is 0.00000220. The van der Waals surface area contributed by atoms with Crippen molar-refractivity contribution in [2.45, 2.75) is 32.4 Å². The molecule has 0 aliphatic carbocycles. The predicted molar refractivity (Wildman–Crippen MR) is 97.3 cm³/mol. The standard InChI is InChI=1S/C14H26N6.HI/c1-3-20-8-4-5-13(20)11-18-14(15-2)17-7-10-19-9-6-16-12-19;/h6,9,12-13H,3-5,7-8,10-11H2,1-2H3,(H2,15,17,18);1H. The molecule has 2 N–H and O–H groups in total. The highest BCUT2D eigenvalue weighted by Gasteiger charge is 2.22.